The van der Waals surface area contributed by atoms with E-state index in [1.807, 2.05) is 30.3 Å². The van der Waals surface area contributed by atoms with Gasteiger partial charge in [-0.1, -0.05) is 12.1 Å². The SMILES string of the molecule is CCOC(=O)C(C#N)=C(C)CCc1ccc(OC)cc1. The minimum absolute atomic E-state index is 0.111. The molecule has 1 aromatic rings. The molecule has 0 N–H and O–H groups in total. The number of methoxy groups -OCH3 is 1. The summed E-state index contributed by atoms with van der Waals surface area (Å²) in [5.74, 6) is 0.271. The number of hydrogen-bond donors (Lipinski definition) is 0. The Bertz CT molecular complexity index is 524. The molecule has 0 amide bonds. The van der Waals surface area contributed by atoms with Crippen molar-refractivity contribution in [2.24, 2.45) is 0 Å². The molecule has 0 aliphatic carbocycles. The molecule has 0 spiro atoms. The number of ether oxygens (including phenoxy) is 2. The molecule has 0 aromatic heterocycles. The zero-order valence-electron chi connectivity index (χ0n) is 12.1. The van der Waals surface area contributed by atoms with Crippen molar-refractivity contribution in [3.63, 3.8) is 0 Å². The minimum atomic E-state index is -0.540. The number of carbonyl (C=O) groups is 1. The van der Waals surface area contributed by atoms with Crippen LogP contribution in [0.4, 0.5) is 0 Å². The predicted octanol–water partition coefficient (Wildman–Crippen LogP) is 3.03. The van der Waals surface area contributed by atoms with Gasteiger partial charge in [-0.05, 0) is 50.0 Å². The van der Waals surface area contributed by atoms with Crippen molar-refractivity contribution in [1.29, 1.82) is 5.26 Å². The number of carbonyl (C=O) groups excluding carboxylic acids is 1. The van der Waals surface area contributed by atoms with Crippen molar-refractivity contribution in [3.05, 3.63) is 41.0 Å². The van der Waals surface area contributed by atoms with Gasteiger partial charge in [-0.25, -0.2) is 4.79 Å². The number of nitriles is 1. The first-order valence-electron chi connectivity index (χ1n) is 6.52. The molecule has 0 fully saturated rings. The highest BCUT2D eigenvalue weighted by molar-refractivity contribution is 5.93. The molecule has 1 aromatic carbocycles. The molecule has 0 aliphatic heterocycles. The van der Waals surface area contributed by atoms with Crippen molar-refractivity contribution in [3.8, 4) is 11.8 Å². The van der Waals surface area contributed by atoms with E-state index in [-0.39, 0.29) is 12.2 Å². The van der Waals surface area contributed by atoms with Gasteiger partial charge in [-0.2, -0.15) is 5.26 Å². The summed E-state index contributed by atoms with van der Waals surface area (Å²) < 4.78 is 9.96. The maximum atomic E-state index is 11.6. The summed E-state index contributed by atoms with van der Waals surface area (Å²) in [6.07, 6.45) is 1.41. The molecule has 4 heteroatoms. The zero-order valence-corrected chi connectivity index (χ0v) is 12.1. The van der Waals surface area contributed by atoms with Crippen LogP contribution in [0.15, 0.2) is 35.4 Å². The largest absolute Gasteiger partial charge is 0.497 e. The lowest BCUT2D eigenvalue weighted by atomic mass is 10.0. The summed E-state index contributed by atoms with van der Waals surface area (Å²) in [7, 11) is 1.63. The highest BCUT2D eigenvalue weighted by Gasteiger charge is 2.13. The van der Waals surface area contributed by atoms with Crippen molar-refractivity contribution >= 4 is 5.97 Å². The van der Waals surface area contributed by atoms with E-state index in [0.717, 1.165) is 23.3 Å². The minimum Gasteiger partial charge on any atom is -0.497 e. The average molecular weight is 273 g/mol. The second-order valence-electron chi connectivity index (χ2n) is 4.34. The smallest absolute Gasteiger partial charge is 0.348 e. The van der Waals surface area contributed by atoms with Gasteiger partial charge in [0.15, 0.2) is 0 Å². The standard InChI is InChI=1S/C16H19NO3/c1-4-20-16(18)15(11-17)12(2)5-6-13-7-9-14(19-3)10-8-13/h7-10H,4-6H2,1-3H3. The fourth-order valence-electron chi connectivity index (χ4n) is 1.77. The van der Waals surface area contributed by atoms with Crippen molar-refractivity contribution < 1.29 is 14.3 Å². The first-order chi connectivity index (χ1) is 9.62. The van der Waals surface area contributed by atoms with Crippen LogP contribution < -0.4 is 4.74 Å². The van der Waals surface area contributed by atoms with E-state index in [9.17, 15) is 4.79 Å². The number of benzene rings is 1. The monoisotopic (exact) mass is 273 g/mol. The molecular formula is C16H19NO3. The van der Waals surface area contributed by atoms with Crippen LogP contribution in [-0.4, -0.2) is 19.7 Å². The fourth-order valence-corrected chi connectivity index (χ4v) is 1.77. The van der Waals surface area contributed by atoms with Gasteiger partial charge < -0.3 is 9.47 Å². The third kappa shape index (κ3) is 4.43. The number of allylic oxidation sites excluding steroid dienone is 1. The van der Waals surface area contributed by atoms with Gasteiger partial charge in [0, 0.05) is 0 Å². The van der Waals surface area contributed by atoms with Crippen LogP contribution in [0.3, 0.4) is 0 Å². The van der Waals surface area contributed by atoms with Crippen molar-refractivity contribution in [2.75, 3.05) is 13.7 Å². The highest BCUT2D eigenvalue weighted by atomic mass is 16.5. The van der Waals surface area contributed by atoms with E-state index in [2.05, 4.69) is 0 Å². The zero-order chi connectivity index (χ0) is 15.0. The maximum absolute atomic E-state index is 11.6. The Morgan fingerprint density at radius 3 is 2.45 bits per heavy atom. The predicted molar refractivity (Wildman–Crippen MR) is 76.3 cm³/mol. The van der Waals surface area contributed by atoms with Crippen LogP contribution in [0, 0.1) is 11.3 Å². The lowest BCUT2D eigenvalue weighted by Gasteiger charge is -2.06. The second kappa shape index (κ2) is 8.00. The summed E-state index contributed by atoms with van der Waals surface area (Å²) in [5.41, 5.74) is 1.99. The molecule has 0 saturated carbocycles. The van der Waals surface area contributed by atoms with Gasteiger partial charge in [0.2, 0.25) is 0 Å². The van der Waals surface area contributed by atoms with Crippen LogP contribution >= 0.6 is 0 Å². The van der Waals surface area contributed by atoms with Crippen molar-refractivity contribution in [2.45, 2.75) is 26.7 Å². The Kier molecular flexibility index (Phi) is 6.31. The lowest BCUT2D eigenvalue weighted by molar-refractivity contribution is -0.138. The highest BCUT2D eigenvalue weighted by Crippen LogP contribution is 2.16. The molecule has 0 radical (unpaired) electrons. The van der Waals surface area contributed by atoms with E-state index in [1.165, 1.54) is 0 Å². The van der Waals surface area contributed by atoms with E-state index < -0.39 is 5.97 Å². The normalized spacial score (nSPS) is 11.3. The Labute approximate surface area is 119 Å². The van der Waals surface area contributed by atoms with E-state index in [0.29, 0.717) is 6.42 Å². The summed E-state index contributed by atoms with van der Waals surface area (Å²) in [6.45, 7) is 3.79. The first-order valence-corrected chi connectivity index (χ1v) is 6.52. The Morgan fingerprint density at radius 2 is 1.95 bits per heavy atom. The topological polar surface area (TPSA) is 59.3 Å². The van der Waals surface area contributed by atoms with Crippen LogP contribution in [0.2, 0.25) is 0 Å². The number of nitrogens with zero attached hydrogens (tertiary/aromatic N) is 1. The molecule has 4 nitrogen and oxygen atoms in total. The van der Waals surface area contributed by atoms with Gasteiger partial charge in [-0.3, -0.25) is 0 Å². The molecule has 0 heterocycles. The molecule has 0 saturated heterocycles. The number of hydrogen-bond acceptors (Lipinski definition) is 4. The van der Waals surface area contributed by atoms with E-state index in [1.54, 1.807) is 21.0 Å². The van der Waals surface area contributed by atoms with Crippen LogP contribution in [-0.2, 0) is 16.0 Å². The maximum Gasteiger partial charge on any atom is 0.348 e. The van der Waals surface area contributed by atoms with Gasteiger partial charge in [0.05, 0.1) is 13.7 Å². The molecule has 1 rings (SSSR count). The molecule has 20 heavy (non-hydrogen) atoms. The Hall–Kier alpha value is -2.28. The molecule has 0 atom stereocenters. The fraction of sp³-hybridized carbons (Fsp3) is 0.375. The first kappa shape index (κ1) is 15.8. The summed E-state index contributed by atoms with van der Waals surface area (Å²) in [5, 5.41) is 9.03. The quantitative estimate of drug-likeness (QED) is 0.454. The number of esters is 1. The average Bonchev–Trinajstić information content (AvgIpc) is 2.46. The van der Waals surface area contributed by atoms with Crippen LogP contribution in [0.5, 0.6) is 5.75 Å². The number of aryl methyl sites for hydroxylation is 1. The second-order valence-corrected chi connectivity index (χ2v) is 4.34. The van der Waals surface area contributed by atoms with E-state index >= 15 is 0 Å². The summed E-state index contributed by atoms with van der Waals surface area (Å²) in [4.78, 5) is 11.6. The van der Waals surface area contributed by atoms with Crippen LogP contribution in [0.1, 0.15) is 25.8 Å². The lowest BCUT2D eigenvalue weighted by Crippen LogP contribution is -2.08. The molecule has 0 unspecified atom stereocenters. The third-order valence-electron chi connectivity index (χ3n) is 2.97. The van der Waals surface area contributed by atoms with Gasteiger partial charge in [0.25, 0.3) is 0 Å². The Balaban J connectivity index is 2.70. The molecular weight excluding hydrogens is 254 g/mol. The molecule has 106 valence electrons. The van der Waals surface area contributed by atoms with E-state index in [4.69, 9.17) is 14.7 Å². The Morgan fingerprint density at radius 1 is 1.30 bits per heavy atom. The van der Waals surface area contributed by atoms with Gasteiger partial charge in [-0.15, -0.1) is 0 Å². The van der Waals surface area contributed by atoms with Gasteiger partial charge in [0.1, 0.15) is 17.4 Å². The molecule has 0 bridgehead atoms. The third-order valence-corrected chi connectivity index (χ3v) is 2.97. The van der Waals surface area contributed by atoms with Crippen molar-refractivity contribution in [1.82, 2.24) is 0 Å². The number of rotatable bonds is 6. The summed E-state index contributed by atoms with van der Waals surface area (Å²) in [6, 6.07) is 9.66. The summed E-state index contributed by atoms with van der Waals surface area (Å²) >= 11 is 0. The molecule has 0 aliphatic rings. The van der Waals surface area contributed by atoms with Crippen LogP contribution in [0.25, 0.3) is 0 Å². The van der Waals surface area contributed by atoms with Gasteiger partial charge >= 0.3 is 5.97 Å².